The lowest BCUT2D eigenvalue weighted by molar-refractivity contribution is -0.116. The van der Waals surface area contributed by atoms with Crippen LogP contribution in [-0.2, 0) is 20.2 Å². The first-order valence-electron chi connectivity index (χ1n) is 11.0. The first-order chi connectivity index (χ1) is 15.4. The van der Waals surface area contributed by atoms with Crippen LogP contribution in [0.1, 0.15) is 46.1 Å². The molecule has 6 nitrogen and oxygen atoms in total. The largest absolute Gasteiger partial charge is 0.496 e. The summed E-state index contributed by atoms with van der Waals surface area (Å²) >= 11 is 0. The minimum atomic E-state index is -3.34. The van der Waals surface area contributed by atoms with Crippen molar-refractivity contribution in [3.8, 4) is 16.9 Å². The van der Waals surface area contributed by atoms with Gasteiger partial charge in [-0.1, -0.05) is 45.9 Å². The third kappa shape index (κ3) is 6.05. The zero-order valence-electron chi connectivity index (χ0n) is 20.1. The average Bonchev–Trinajstić information content (AvgIpc) is 2.71. The Morgan fingerprint density at radius 1 is 0.970 bits per heavy atom. The molecule has 0 saturated heterocycles. The number of ether oxygens (including phenoxy) is 1. The predicted octanol–water partition coefficient (Wildman–Crippen LogP) is 5.92. The molecule has 3 rings (SSSR count). The van der Waals surface area contributed by atoms with Crippen LogP contribution in [0.3, 0.4) is 0 Å². The number of carbonyl (C=O) groups is 1. The van der Waals surface area contributed by atoms with Crippen molar-refractivity contribution in [1.29, 1.82) is 0 Å². The van der Waals surface area contributed by atoms with E-state index in [1.807, 2.05) is 43.3 Å². The fraction of sp³-hybridized carbons (Fsp3) is 0.346. The van der Waals surface area contributed by atoms with Gasteiger partial charge in [0.1, 0.15) is 5.75 Å². The molecule has 0 aromatic heterocycles. The molecular weight excluding hydrogens is 436 g/mol. The molecule has 0 fully saturated rings. The smallest absolute Gasteiger partial charge is 0.229 e. The van der Waals surface area contributed by atoms with Crippen LogP contribution in [0, 0.1) is 0 Å². The van der Waals surface area contributed by atoms with Crippen LogP contribution < -0.4 is 14.8 Å². The summed E-state index contributed by atoms with van der Waals surface area (Å²) in [6.07, 6.45) is 2.37. The second-order valence-corrected chi connectivity index (χ2v) is 11.1. The quantitative estimate of drug-likeness (QED) is 0.451. The van der Waals surface area contributed by atoms with Gasteiger partial charge >= 0.3 is 0 Å². The lowest BCUT2D eigenvalue weighted by atomic mass is 9.83. The molecule has 0 radical (unpaired) electrons. The molecule has 176 valence electrons. The molecule has 0 aliphatic carbocycles. The van der Waals surface area contributed by atoms with E-state index in [1.165, 1.54) is 0 Å². The third-order valence-corrected chi connectivity index (χ3v) is 5.92. The molecule has 0 heterocycles. The number of hydrogen-bond donors (Lipinski definition) is 2. The van der Waals surface area contributed by atoms with Crippen LogP contribution in [0.25, 0.3) is 21.9 Å². The predicted molar refractivity (Wildman–Crippen MR) is 137 cm³/mol. The highest BCUT2D eigenvalue weighted by atomic mass is 32.2. The minimum Gasteiger partial charge on any atom is -0.496 e. The number of nitrogens with one attached hydrogen (secondary N) is 2. The zero-order chi connectivity index (χ0) is 24.4. The molecular formula is C26H32N2O4S. The number of amides is 1. The molecule has 0 atom stereocenters. The number of anilines is 2. The summed E-state index contributed by atoms with van der Waals surface area (Å²) in [5.41, 5.74) is 3.89. The fourth-order valence-electron chi connectivity index (χ4n) is 3.83. The van der Waals surface area contributed by atoms with Gasteiger partial charge in [0.2, 0.25) is 15.9 Å². The molecule has 0 aliphatic rings. The summed E-state index contributed by atoms with van der Waals surface area (Å²) in [7, 11) is -1.68. The maximum atomic E-state index is 12.3. The van der Waals surface area contributed by atoms with Crippen LogP contribution in [0.15, 0.2) is 48.5 Å². The van der Waals surface area contributed by atoms with E-state index >= 15 is 0 Å². The van der Waals surface area contributed by atoms with Crippen molar-refractivity contribution in [1.82, 2.24) is 0 Å². The molecule has 1 amide bonds. The van der Waals surface area contributed by atoms with E-state index in [0.29, 0.717) is 12.1 Å². The molecule has 33 heavy (non-hydrogen) atoms. The van der Waals surface area contributed by atoms with Crippen molar-refractivity contribution < 1.29 is 17.9 Å². The van der Waals surface area contributed by atoms with E-state index in [0.717, 1.165) is 51.6 Å². The summed E-state index contributed by atoms with van der Waals surface area (Å²) < 4.78 is 31.5. The van der Waals surface area contributed by atoms with Gasteiger partial charge in [0.05, 0.1) is 13.4 Å². The van der Waals surface area contributed by atoms with Crippen LogP contribution in [0.4, 0.5) is 11.4 Å². The molecule has 0 unspecified atom stereocenters. The Morgan fingerprint density at radius 3 is 2.24 bits per heavy atom. The molecule has 0 spiro atoms. The Balaban J connectivity index is 2.14. The van der Waals surface area contributed by atoms with E-state index in [2.05, 4.69) is 30.8 Å². The van der Waals surface area contributed by atoms with Crippen molar-refractivity contribution in [2.75, 3.05) is 23.4 Å². The van der Waals surface area contributed by atoms with Gasteiger partial charge in [-0.3, -0.25) is 9.52 Å². The second kappa shape index (κ2) is 9.43. The van der Waals surface area contributed by atoms with E-state index in [-0.39, 0.29) is 11.3 Å². The van der Waals surface area contributed by atoms with Crippen LogP contribution in [0.2, 0.25) is 0 Å². The highest BCUT2D eigenvalue weighted by Gasteiger charge is 2.23. The Kier molecular flexibility index (Phi) is 7.03. The van der Waals surface area contributed by atoms with Crippen molar-refractivity contribution in [2.24, 2.45) is 0 Å². The molecule has 2 N–H and O–H groups in total. The van der Waals surface area contributed by atoms with Gasteiger partial charge in [0.15, 0.2) is 0 Å². The zero-order valence-corrected chi connectivity index (χ0v) is 20.9. The SMILES string of the molecule is CCCC(=O)Nc1cc(-c2ccc3cc(NS(C)(=O)=O)ccc3c2)c(OC)c(C(C)(C)C)c1. The maximum absolute atomic E-state index is 12.3. The first kappa shape index (κ1) is 24.6. The summed E-state index contributed by atoms with van der Waals surface area (Å²) in [5.74, 6) is 0.753. The van der Waals surface area contributed by atoms with E-state index in [4.69, 9.17) is 4.74 Å². The van der Waals surface area contributed by atoms with Gasteiger partial charge in [0.25, 0.3) is 0 Å². The van der Waals surface area contributed by atoms with Crippen LogP contribution >= 0.6 is 0 Å². The van der Waals surface area contributed by atoms with Gasteiger partial charge in [-0.05, 0) is 58.5 Å². The van der Waals surface area contributed by atoms with Crippen molar-refractivity contribution >= 4 is 38.1 Å². The first-order valence-corrected chi connectivity index (χ1v) is 12.8. The molecule has 0 bridgehead atoms. The summed E-state index contributed by atoms with van der Waals surface area (Å²) in [5, 5.41) is 4.90. The molecule has 0 aliphatic heterocycles. The average molecular weight is 469 g/mol. The van der Waals surface area contributed by atoms with Gasteiger partial charge < -0.3 is 10.1 Å². The highest BCUT2D eigenvalue weighted by Crippen LogP contribution is 2.42. The van der Waals surface area contributed by atoms with Crippen molar-refractivity contribution in [2.45, 2.75) is 46.0 Å². The van der Waals surface area contributed by atoms with E-state index in [1.54, 1.807) is 19.2 Å². The Bertz CT molecular complexity index is 1290. The fourth-order valence-corrected chi connectivity index (χ4v) is 4.39. The molecule has 7 heteroatoms. The summed E-state index contributed by atoms with van der Waals surface area (Å²) in [4.78, 5) is 12.3. The number of carbonyl (C=O) groups excluding carboxylic acids is 1. The number of fused-ring (bicyclic) bond motifs is 1. The number of benzene rings is 3. The van der Waals surface area contributed by atoms with Crippen molar-refractivity contribution in [3.63, 3.8) is 0 Å². The third-order valence-electron chi connectivity index (χ3n) is 5.32. The molecule has 3 aromatic carbocycles. The van der Waals surface area contributed by atoms with Gasteiger partial charge in [-0.2, -0.15) is 0 Å². The Hall–Kier alpha value is -3.06. The number of sulfonamides is 1. The lowest BCUT2D eigenvalue weighted by Crippen LogP contribution is -2.16. The standard InChI is InChI=1S/C26H32N2O4S/c1-7-8-24(29)27-21-15-22(25(32-5)23(16-21)26(2,3)4)19-10-9-18-14-20(28-33(6,30)31)12-11-17(18)13-19/h9-16,28H,7-8H2,1-6H3,(H,27,29). The topological polar surface area (TPSA) is 84.5 Å². The van der Waals surface area contributed by atoms with Crippen LogP contribution in [0.5, 0.6) is 5.75 Å². The van der Waals surface area contributed by atoms with Crippen LogP contribution in [-0.4, -0.2) is 27.7 Å². The summed E-state index contributed by atoms with van der Waals surface area (Å²) in [6.45, 7) is 8.32. The van der Waals surface area contributed by atoms with E-state index in [9.17, 15) is 13.2 Å². The number of hydrogen-bond acceptors (Lipinski definition) is 4. The lowest BCUT2D eigenvalue weighted by Gasteiger charge is -2.25. The summed E-state index contributed by atoms with van der Waals surface area (Å²) in [6, 6.07) is 15.3. The van der Waals surface area contributed by atoms with E-state index < -0.39 is 10.0 Å². The second-order valence-electron chi connectivity index (χ2n) is 9.30. The normalized spacial score (nSPS) is 11.9. The van der Waals surface area contributed by atoms with Gasteiger partial charge in [-0.25, -0.2) is 8.42 Å². The number of rotatable bonds is 7. The molecule has 3 aromatic rings. The van der Waals surface area contributed by atoms with Crippen molar-refractivity contribution in [3.05, 3.63) is 54.1 Å². The minimum absolute atomic E-state index is 0.0158. The van der Waals surface area contributed by atoms with Gasteiger partial charge in [-0.15, -0.1) is 0 Å². The monoisotopic (exact) mass is 468 g/mol. The Morgan fingerprint density at radius 2 is 1.64 bits per heavy atom. The maximum Gasteiger partial charge on any atom is 0.229 e. The Labute approximate surface area is 196 Å². The number of methoxy groups -OCH3 is 1. The molecule has 0 saturated carbocycles. The van der Waals surface area contributed by atoms with Gasteiger partial charge in [0, 0.05) is 28.9 Å². The highest BCUT2D eigenvalue weighted by molar-refractivity contribution is 7.92.